The smallest absolute Gasteiger partial charge is 0.266 e. The van der Waals surface area contributed by atoms with Gasteiger partial charge in [0.05, 0.1) is 18.6 Å². The van der Waals surface area contributed by atoms with Gasteiger partial charge in [-0.2, -0.15) is 0 Å². The summed E-state index contributed by atoms with van der Waals surface area (Å²) in [7, 11) is 1.61. The number of rotatable bonds is 4. The molecule has 0 aliphatic carbocycles. The van der Waals surface area contributed by atoms with E-state index in [1.807, 2.05) is 24.3 Å². The normalized spacial score (nSPS) is 16.1. The van der Waals surface area contributed by atoms with Gasteiger partial charge in [-0.25, -0.2) is 4.39 Å². The zero-order chi connectivity index (χ0) is 17.1. The van der Waals surface area contributed by atoms with Crippen LogP contribution in [0, 0.1) is 5.82 Å². The van der Waals surface area contributed by atoms with Gasteiger partial charge in [0.25, 0.3) is 5.91 Å². The molecule has 24 heavy (non-hydrogen) atoms. The SMILES string of the molecule is COc1ccc(CN2C(=O)/C(=C/c3ccc(F)cc3)SC2=S)cc1. The first-order chi connectivity index (χ1) is 11.6. The molecular formula is C18H14FNO2S2. The largest absolute Gasteiger partial charge is 0.497 e. The molecular weight excluding hydrogens is 345 g/mol. The van der Waals surface area contributed by atoms with Crippen molar-refractivity contribution < 1.29 is 13.9 Å². The van der Waals surface area contributed by atoms with Crippen LogP contribution in [0.25, 0.3) is 6.08 Å². The number of nitrogens with zero attached hydrogens (tertiary/aromatic N) is 1. The van der Waals surface area contributed by atoms with E-state index >= 15 is 0 Å². The maximum absolute atomic E-state index is 13.0. The Morgan fingerprint density at radius 1 is 1.17 bits per heavy atom. The molecule has 6 heteroatoms. The number of carbonyl (C=O) groups excluding carboxylic acids is 1. The summed E-state index contributed by atoms with van der Waals surface area (Å²) in [5, 5.41) is 0. The summed E-state index contributed by atoms with van der Waals surface area (Å²) in [5.41, 5.74) is 1.73. The van der Waals surface area contributed by atoms with Gasteiger partial charge < -0.3 is 4.74 Å². The fourth-order valence-corrected chi connectivity index (χ4v) is 3.52. The van der Waals surface area contributed by atoms with Crippen molar-refractivity contribution in [3.63, 3.8) is 0 Å². The number of hydrogen-bond acceptors (Lipinski definition) is 4. The zero-order valence-corrected chi connectivity index (χ0v) is 14.5. The van der Waals surface area contributed by atoms with Crippen LogP contribution in [-0.2, 0) is 11.3 Å². The third-order valence-corrected chi connectivity index (χ3v) is 4.92. The minimum atomic E-state index is -0.306. The van der Waals surface area contributed by atoms with Crippen LogP contribution in [0.15, 0.2) is 53.4 Å². The lowest BCUT2D eigenvalue weighted by Crippen LogP contribution is -2.27. The number of carbonyl (C=O) groups is 1. The van der Waals surface area contributed by atoms with E-state index in [4.69, 9.17) is 17.0 Å². The molecule has 2 aromatic carbocycles. The molecule has 1 fully saturated rings. The number of thioether (sulfide) groups is 1. The van der Waals surface area contributed by atoms with Gasteiger partial charge in [-0.15, -0.1) is 0 Å². The lowest BCUT2D eigenvalue weighted by molar-refractivity contribution is -0.122. The van der Waals surface area contributed by atoms with Gasteiger partial charge in [0, 0.05) is 0 Å². The molecule has 0 atom stereocenters. The van der Waals surface area contributed by atoms with Gasteiger partial charge in [-0.1, -0.05) is 48.2 Å². The van der Waals surface area contributed by atoms with Crippen molar-refractivity contribution in [3.05, 3.63) is 70.4 Å². The molecule has 122 valence electrons. The van der Waals surface area contributed by atoms with E-state index in [1.165, 1.54) is 23.9 Å². The molecule has 1 heterocycles. The number of methoxy groups -OCH3 is 1. The topological polar surface area (TPSA) is 29.5 Å². The number of benzene rings is 2. The third kappa shape index (κ3) is 3.66. The second-order valence-electron chi connectivity index (χ2n) is 5.17. The van der Waals surface area contributed by atoms with Crippen LogP contribution in [0.4, 0.5) is 4.39 Å². The van der Waals surface area contributed by atoms with Gasteiger partial charge >= 0.3 is 0 Å². The Kier molecular flexibility index (Phi) is 4.97. The second-order valence-corrected chi connectivity index (χ2v) is 6.84. The van der Waals surface area contributed by atoms with Crippen LogP contribution in [0.3, 0.4) is 0 Å². The molecule has 1 aliphatic heterocycles. The fraction of sp³-hybridized carbons (Fsp3) is 0.111. The molecule has 3 nitrogen and oxygen atoms in total. The molecule has 0 unspecified atom stereocenters. The molecule has 3 rings (SSSR count). The zero-order valence-electron chi connectivity index (χ0n) is 12.9. The average Bonchev–Trinajstić information content (AvgIpc) is 2.85. The molecule has 2 aromatic rings. The van der Waals surface area contributed by atoms with Crippen molar-refractivity contribution in [2.75, 3.05) is 7.11 Å². The Morgan fingerprint density at radius 2 is 1.83 bits per heavy atom. The lowest BCUT2D eigenvalue weighted by Gasteiger charge is -2.14. The Bertz CT molecular complexity index is 801. The summed E-state index contributed by atoms with van der Waals surface area (Å²) < 4.78 is 18.6. The first kappa shape index (κ1) is 16.7. The Balaban J connectivity index is 1.77. The highest BCUT2D eigenvalue weighted by Gasteiger charge is 2.31. The van der Waals surface area contributed by atoms with Gasteiger partial charge in [0.2, 0.25) is 0 Å². The van der Waals surface area contributed by atoms with Crippen molar-refractivity contribution in [1.29, 1.82) is 0 Å². The molecule has 0 N–H and O–H groups in total. The van der Waals surface area contributed by atoms with Crippen molar-refractivity contribution in [2.24, 2.45) is 0 Å². The van der Waals surface area contributed by atoms with Crippen molar-refractivity contribution in [1.82, 2.24) is 4.90 Å². The monoisotopic (exact) mass is 359 g/mol. The first-order valence-corrected chi connectivity index (χ1v) is 8.43. The van der Waals surface area contributed by atoms with Crippen LogP contribution in [0.2, 0.25) is 0 Å². The van der Waals surface area contributed by atoms with Gasteiger partial charge in [-0.05, 0) is 41.5 Å². The minimum Gasteiger partial charge on any atom is -0.497 e. The first-order valence-electron chi connectivity index (χ1n) is 7.20. The number of amides is 1. The molecule has 1 amide bonds. The predicted molar refractivity (Wildman–Crippen MR) is 98.1 cm³/mol. The average molecular weight is 359 g/mol. The molecule has 1 aliphatic rings. The Hall–Kier alpha value is -2.18. The van der Waals surface area contributed by atoms with E-state index in [9.17, 15) is 9.18 Å². The lowest BCUT2D eigenvalue weighted by atomic mass is 10.2. The van der Waals surface area contributed by atoms with E-state index in [-0.39, 0.29) is 11.7 Å². The van der Waals surface area contributed by atoms with Crippen molar-refractivity contribution >= 4 is 40.3 Å². The van der Waals surface area contributed by atoms with Crippen LogP contribution in [0.5, 0.6) is 5.75 Å². The van der Waals surface area contributed by atoms with Crippen LogP contribution < -0.4 is 4.74 Å². The molecule has 0 saturated carbocycles. The number of hydrogen-bond donors (Lipinski definition) is 0. The van der Waals surface area contributed by atoms with E-state index in [0.717, 1.165) is 16.9 Å². The number of halogens is 1. The molecule has 0 bridgehead atoms. The van der Waals surface area contributed by atoms with Crippen molar-refractivity contribution in [2.45, 2.75) is 6.54 Å². The van der Waals surface area contributed by atoms with Gasteiger partial charge in [0.15, 0.2) is 0 Å². The summed E-state index contributed by atoms with van der Waals surface area (Å²) in [5.74, 6) is 0.324. The third-order valence-electron chi connectivity index (χ3n) is 3.54. The maximum atomic E-state index is 13.0. The van der Waals surface area contributed by atoms with Crippen LogP contribution >= 0.6 is 24.0 Å². The highest BCUT2D eigenvalue weighted by molar-refractivity contribution is 8.26. The highest BCUT2D eigenvalue weighted by atomic mass is 32.2. The predicted octanol–water partition coefficient (Wildman–Crippen LogP) is 4.24. The molecule has 0 aromatic heterocycles. The molecule has 1 saturated heterocycles. The van der Waals surface area contributed by atoms with E-state index in [1.54, 1.807) is 30.2 Å². The Labute approximate surface area is 149 Å². The fourth-order valence-electron chi connectivity index (χ4n) is 2.26. The summed E-state index contributed by atoms with van der Waals surface area (Å²) >= 11 is 6.58. The maximum Gasteiger partial charge on any atom is 0.266 e. The summed E-state index contributed by atoms with van der Waals surface area (Å²) in [6.45, 7) is 0.412. The molecule has 0 spiro atoms. The van der Waals surface area contributed by atoms with Crippen LogP contribution in [0.1, 0.15) is 11.1 Å². The van der Waals surface area contributed by atoms with E-state index < -0.39 is 0 Å². The summed E-state index contributed by atoms with van der Waals surface area (Å²) in [6, 6.07) is 13.5. The summed E-state index contributed by atoms with van der Waals surface area (Å²) in [4.78, 5) is 14.7. The van der Waals surface area contributed by atoms with Gasteiger partial charge in [-0.3, -0.25) is 9.69 Å². The number of thiocarbonyl (C=S) groups is 1. The highest BCUT2D eigenvalue weighted by Crippen LogP contribution is 2.33. The summed E-state index contributed by atoms with van der Waals surface area (Å²) in [6.07, 6.45) is 1.73. The van der Waals surface area contributed by atoms with Crippen LogP contribution in [-0.4, -0.2) is 22.2 Å². The second kappa shape index (κ2) is 7.15. The van der Waals surface area contributed by atoms with Crippen molar-refractivity contribution in [3.8, 4) is 5.75 Å². The van der Waals surface area contributed by atoms with Gasteiger partial charge in [0.1, 0.15) is 15.9 Å². The number of ether oxygens (including phenoxy) is 1. The quantitative estimate of drug-likeness (QED) is 0.603. The van der Waals surface area contributed by atoms with E-state index in [2.05, 4.69) is 0 Å². The Morgan fingerprint density at radius 3 is 2.46 bits per heavy atom. The minimum absolute atomic E-state index is 0.134. The van der Waals surface area contributed by atoms with E-state index in [0.29, 0.717) is 15.8 Å². The standard InChI is InChI=1S/C18H14FNO2S2/c1-22-15-8-4-13(5-9-15)11-20-17(21)16(24-18(20)23)10-12-2-6-14(19)7-3-12/h2-10H,11H2,1H3/b16-10-. The molecule has 0 radical (unpaired) electrons.